The topological polar surface area (TPSA) is 70.1 Å². The molecule has 1 saturated carbocycles. The Labute approximate surface area is 238 Å². The molecule has 1 atom stereocenters. The van der Waals surface area contributed by atoms with E-state index in [9.17, 15) is 27.9 Å². The summed E-state index contributed by atoms with van der Waals surface area (Å²) in [4.78, 5) is 28.1. The van der Waals surface area contributed by atoms with Crippen LogP contribution in [0, 0.1) is 11.3 Å². The summed E-state index contributed by atoms with van der Waals surface area (Å²) in [6, 6.07) is 10.5. The number of carbonyl (C=O) groups excluding carboxylic acids is 2. The van der Waals surface area contributed by atoms with E-state index in [-0.39, 0.29) is 30.2 Å². The lowest BCUT2D eigenvalue weighted by molar-refractivity contribution is -0.262. The second-order valence-electron chi connectivity index (χ2n) is 11.4. The van der Waals surface area contributed by atoms with Crippen molar-refractivity contribution in [2.24, 2.45) is 11.3 Å². The Bertz CT molecular complexity index is 1230. The Kier molecular flexibility index (Phi) is 8.76. The molecule has 1 aliphatic heterocycles. The van der Waals surface area contributed by atoms with Crippen LogP contribution in [0.2, 0.25) is 5.02 Å². The van der Waals surface area contributed by atoms with E-state index in [2.05, 4.69) is 0 Å². The summed E-state index contributed by atoms with van der Waals surface area (Å²) in [5, 5.41) is 11.3. The number of hydrogen-bond acceptors (Lipinski definition) is 4. The number of benzene rings is 2. The van der Waals surface area contributed by atoms with Gasteiger partial charge >= 0.3 is 6.18 Å². The zero-order chi connectivity index (χ0) is 29.3. The summed E-state index contributed by atoms with van der Waals surface area (Å²) in [6.07, 6.45) is 0.671. The number of piperidine rings is 1. The van der Waals surface area contributed by atoms with Crippen molar-refractivity contribution in [1.29, 1.82) is 0 Å². The molecule has 218 valence electrons. The molecule has 2 aromatic carbocycles. The van der Waals surface area contributed by atoms with Gasteiger partial charge in [-0.05, 0) is 86.1 Å². The summed E-state index contributed by atoms with van der Waals surface area (Å²) in [5.74, 6) is -0.911. The maximum Gasteiger partial charge on any atom is 0.430 e. The van der Waals surface area contributed by atoms with Gasteiger partial charge in [0, 0.05) is 32.7 Å². The van der Waals surface area contributed by atoms with Gasteiger partial charge in [-0.25, -0.2) is 0 Å². The Balaban J connectivity index is 1.37. The molecule has 1 spiro atoms. The van der Waals surface area contributed by atoms with E-state index in [0.29, 0.717) is 29.3 Å². The van der Waals surface area contributed by atoms with Gasteiger partial charge in [0.2, 0.25) is 0 Å². The zero-order valence-corrected chi connectivity index (χ0v) is 23.8. The SMILES string of the molecule is COc1cccc(C(O)(C(=O)N2CCC3(CCC(Cc4ccc(C(=O)N(C)C)c(Cl)c4)CC3)CC2)C(F)(F)F)c1. The Morgan fingerprint density at radius 2 is 1.73 bits per heavy atom. The van der Waals surface area contributed by atoms with E-state index in [1.807, 2.05) is 12.1 Å². The van der Waals surface area contributed by atoms with Crippen molar-refractivity contribution in [3.8, 4) is 5.75 Å². The fourth-order valence-electron chi connectivity index (χ4n) is 6.10. The van der Waals surface area contributed by atoms with Crippen molar-refractivity contribution in [3.05, 3.63) is 64.2 Å². The highest BCUT2D eigenvalue weighted by Crippen LogP contribution is 2.48. The number of amides is 2. The Morgan fingerprint density at radius 1 is 1.07 bits per heavy atom. The van der Waals surface area contributed by atoms with Crippen molar-refractivity contribution < 1.29 is 32.6 Å². The molecule has 2 aliphatic rings. The van der Waals surface area contributed by atoms with Crippen LogP contribution in [-0.4, -0.2) is 67.2 Å². The van der Waals surface area contributed by atoms with Crippen molar-refractivity contribution in [1.82, 2.24) is 9.80 Å². The van der Waals surface area contributed by atoms with Gasteiger partial charge in [0.25, 0.3) is 17.4 Å². The minimum atomic E-state index is -5.19. The molecule has 10 heteroatoms. The third-order valence-electron chi connectivity index (χ3n) is 8.68. The zero-order valence-electron chi connectivity index (χ0n) is 23.1. The number of hydrogen-bond donors (Lipinski definition) is 1. The van der Waals surface area contributed by atoms with Crippen LogP contribution < -0.4 is 4.74 Å². The summed E-state index contributed by atoms with van der Waals surface area (Å²) >= 11 is 6.38. The minimum absolute atomic E-state index is 0.0147. The lowest BCUT2D eigenvalue weighted by Gasteiger charge is -2.47. The average Bonchev–Trinajstić information content (AvgIpc) is 2.93. The highest BCUT2D eigenvalue weighted by Gasteiger charge is 2.62. The van der Waals surface area contributed by atoms with E-state index in [0.717, 1.165) is 54.7 Å². The number of halogens is 4. The van der Waals surface area contributed by atoms with Gasteiger partial charge < -0.3 is 19.6 Å². The Morgan fingerprint density at radius 3 is 2.27 bits per heavy atom. The molecule has 1 aliphatic carbocycles. The first kappa shape index (κ1) is 30.2. The fraction of sp³-hybridized carbons (Fsp3) is 0.533. The number of carbonyl (C=O) groups is 2. The predicted octanol–water partition coefficient (Wildman–Crippen LogP) is 5.84. The van der Waals surface area contributed by atoms with E-state index < -0.39 is 23.2 Å². The van der Waals surface area contributed by atoms with E-state index >= 15 is 0 Å². The molecule has 1 unspecified atom stereocenters. The number of rotatable bonds is 6. The first-order chi connectivity index (χ1) is 18.8. The normalized spacial score (nSPS) is 19.2. The molecule has 1 heterocycles. The summed E-state index contributed by atoms with van der Waals surface area (Å²) < 4.78 is 47.5. The highest BCUT2D eigenvalue weighted by molar-refractivity contribution is 6.33. The van der Waals surface area contributed by atoms with Crippen molar-refractivity contribution in [2.45, 2.75) is 56.7 Å². The van der Waals surface area contributed by atoms with Gasteiger partial charge in [0.15, 0.2) is 0 Å². The van der Waals surface area contributed by atoms with Crippen LogP contribution in [0.25, 0.3) is 0 Å². The third-order valence-corrected chi connectivity index (χ3v) is 8.99. The molecule has 0 bridgehead atoms. The van der Waals surface area contributed by atoms with Crippen LogP contribution >= 0.6 is 11.6 Å². The van der Waals surface area contributed by atoms with Crippen molar-refractivity contribution >= 4 is 23.4 Å². The number of likely N-dealkylation sites (tertiary alicyclic amines) is 1. The van der Waals surface area contributed by atoms with Crippen LogP contribution in [-0.2, 0) is 16.8 Å². The molecule has 6 nitrogen and oxygen atoms in total. The molecule has 0 radical (unpaired) electrons. The van der Waals surface area contributed by atoms with Gasteiger partial charge in [-0.1, -0.05) is 29.8 Å². The first-order valence-corrected chi connectivity index (χ1v) is 13.9. The van der Waals surface area contributed by atoms with Crippen LogP contribution in [0.1, 0.15) is 60.0 Å². The second-order valence-corrected chi connectivity index (χ2v) is 11.8. The quantitative estimate of drug-likeness (QED) is 0.466. The Hall–Kier alpha value is -2.78. The number of methoxy groups -OCH3 is 1. The fourth-order valence-corrected chi connectivity index (χ4v) is 6.38. The van der Waals surface area contributed by atoms with Crippen LogP contribution in [0.15, 0.2) is 42.5 Å². The lowest BCUT2D eigenvalue weighted by atomic mass is 9.64. The molecule has 0 aromatic heterocycles. The van der Waals surface area contributed by atoms with E-state index in [1.54, 1.807) is 20.2 Å². The predicted molar refractivity (Wildman–Crippen MR) is 146 cm³/mol. The lowest BCUT2D eigenvalue weighted by Crippen LogP contribution is -2.58. The van der Waals surface area contributed by atoms with Crippen LogP contribution in [0.3, 0.4) is 0 Å². The largest absolute Gasteiger partial charge is 0.497 e. The van der Waals surface area contributed by atoms with Crippen molar-refractivity contribution in [3.63, 3.8) is 0 Å². The summed E-state index contributed by atoms with van der Waals surface area (Å²) in [7, 11) is 4.68. The van der Waals surface area contributed by atoms with Crippen LogP contribution in [0.5, 0.6) is 5.75 Å². The van der Waals surface area contributed by atoms with Gasteiger partial charge in [-0.2, -0.15) is 13.2 Å². The summed E-state index contributed by atoms with van der Waals surface area (Å²) in [6.45, 7) is 0.339. The average molecular weight is 581 g/mol. The van der Waals surface area contributed by atoms with Crippen LogP contribution in [0.4, 0.5) is 13.2 Å². The highest BCUT2D eigenvalue weighted by atomic mass is 35.5. The maximum atomic E-state index is 14.2. The van der Waals surface area contributed by atoms with E-state index in [1.165, 1.54) is 24.1 Å². The first-order valence-electron chi connectivity index (χ1n) is 13.5. The number of aliphatic hydroxyl groups is 1. The maximum absolute atomic E-state index is 14.2. The summed E-state index contributed by atoms with van der Waals surface area (Å²) in [5.41, 5.74) is -2.66. The van der Waals surface area contributed by atoms with E-state index in [4.69, 9.17) is 16.3 Å². The monoisotopic (exact) mass is 580 g/mol. The molecular weight excluding hydrogens is 545 g/mol. The molecule has 1 saturated heterocycles. The number of ether oxygens (including phenoxy) is 1. The molecule has 2 amide bonds. The molecular formula is C30H36ClF3N2O4. The molecule has 2 fully saturated rings. The molecule has 4 rings (SSSR count). The number of nitrogens with zero attached hydrogens (tertiary/aromatic N) is 2. The van der Waals surface area contributed by atoms with Gasteiger partial charge in [-0.3, -0.25) is 9.59 Å². The second kappa shape index (κ2) is 11.6. The standard InChI is InChI=1S/C30H36ClF3N2O4/c1-35(2)26(37)24-8-7-21(18-25(24)31)17-20-9-11-28(12-10-20)13-15-36(16-14-28)27(38)29(39,30(32,33)34)22-5-4-6-23(19-22)40-3/h4-8,18-20,39H,9-17H2,1-3H3. The third kappa shape index (κ3) is 5.96. The molecule has 1 N–H and O–H groups in total. The van der Waals surface area contributed by atoms with Gasteiger partial charge in [0.05, 0.1) is 17.7 Å². The van der Waals surface area contributed by atoms with Crippen molar-refractivity contribution in [2.75, 3.05) is 34.3 Å². The molecule has 40 heavy (non-hydrogen) atoms. The minimum Gasteiger partial charge on any atom is -0.497 e. The van der Waals surface area contributed by atoms with Gasteiger partial charge in [0.1, 0.15) is 5.75 Å². The smallest absolute Gasteiger partial charge is 0.430 e. The van der Waals surface area contributed by atoms with Gasteiger partial charge in [-0.15, -0.1) is 0 Å². The number of alkyl halides is 3. The molecule has 2 aromatic rings.